The summed E-state index contributed by atoms with van der Waals surface area (Å²) < 4.78 is 1.88. The molecule has 0 bridgehead atoms. The highest BCUT2D eigenvalue weighted by Gasteiger charge is 2.26. The van der Waals surface area contributed by atoms with Gasteiger partial charge in [-0.05, 0) is 50.5 Å². The van der Waals surface area contributed by atoms with E-state index in [-0.39, 0.29) is 17.9 Å². The second-order valence-corrected chi connectivity index (χ2v) is 7.49. The highest BCUT2D eigenvalue weighted by atomic mass is 16.4. The molecule has 3 rings (SSSR count). The third-order valence-electron chi connectivity index (χ3n) is 5.80. The number of carbonyl (C=O) groups excluding carboxylic acids is 1. The molecule has 1 N–H and O–H groups in total. The highest BCUT2D eigenvalue weighted by molar-refractivity contribution is 5.93. The van der Waals surface area contributed by atoms with E-state index in [1.165, 1.54) is 16.8 Å². The summed E-state index contributed by atoms with van der Waals surface area (Å²) in [7, 11) is 0. The van der Waals surface area contributed by atoms with Crippen molar-refractivity contribution >= 4 is 17.6 Å². The normalized spacial score (nSPS) is 14.4. The predicted molar refractivity (Wildman–Crippen MR) is 110 cm³/mol. The number of aryl methyl sites for hydroxylation is 3. The smallest absolute Gasteiger partial charge is 0.337 e. The molecule has 1 saturated heterocycles. The number of anilines is 1. The molecule has 1 aromatic heterocycles. The molecule has 150 valence electrons. The van der Waals surface area contributed by atoms with E-state index >= 15 is 0 Å². The van der Waals surface area contributed by atoms with E-state index in [4.69, 9.17) is 0 Å². The zero-order chi connectivity index (χ0) is 20.4. The van der Waals surface area contributed by atoms with Gasteiger partial charge in [-0.15, -0.1) is 0 Å². The van der Waals surface area contributed by atoms with Gasteiger partial charge in [0.05, 0.1) is 12.0 Å². The SMILES string of the molecule is CCn1cc(C)c(C(=O)O)c1CC(=O)N1CCN(c2cccc(C)c2C)CC1. The van der Waals surface area contributed by atoms with E-state index in [1.807, 2.05) is 22.6 Å². The Balaban J connectivity index is 1.70. The number of aromatic carboxylic acids is 1. The largest absolute Gasteiger partial charge is 0.478 e. The van der Waals surface area contributed by atoms with Crippen molar-refractivity contribution in [3.8, 4) is 0 Å². The van der Waals surface area contributed by atoms with Crippen molar-refractivity contribution < 1.29 is 14.7 Å². The van der Waals surface area contributed by atoms with Crippen LogP contribution in [0.3, 0.4) is 0 Å². The molecule has 1 aliphatic rings. The van der Waals surface area contributed by atoms with Crippen LogP contribution in [0.15, 0.2) is 24.4 Å². The van der Waals surface area contributed by atoms with Gasteiger partial charge in [0.1, 0.15) is 0 Å². The van der Waals surface area contributed by atoms with E-state index in [2.05, 4.69) is 36.9 Å². The van der Waals surface area contributed by atoms with Crippen molar-refractivity contribution in [3.63, 3.8) is 0 Å². The minimum atomic E-state index is -0.966. The van der Waals surface area contributed by atoms with Gasteiger partial charge in [-0.1, -0.05) is 12.1 Å². The summed E-state index contributed by atoms with van der Waals surface area (Å²) in [5.41, 5.74) is 5.36. The van der Waals surface area contributed by atoms with Gasteiger partial charge in [-0.2, -0.15) is 0 Å². The molecule has 6 nitrogen and oxygen atoms in total. The van der Waals surface area contributed by atoms with Crippen LogP contribution in [0.25, 0.3) is 0 Å². The molecule has 0 radical (unpaired) electrons. The molecule has 6 heteroatoms. The Morgan fingerprint density at radius 2 is 1.71 bits per heavy atom. The van der Waals surface area contributed by atoms with Gasteiger partial charge < -0.3 is 19.5 Å². The van der Waals surface area contributed by atoms with Gasteiger partial charge in [0, 0.05) is 50.3 Å². The zero-order valence-electron chi connectivity index (χ0n) is 17.2. The Morgan fingerprint density at radius 3 is 2.32 bits per heavy atom. The molecule has 0 atom stereocenters. The molecular formula is C22H29N3O3. The first-order valence-corrected chi connectivity index (χ1v) is 9.84. The summed E-state index contributed by atoms with van der Waals surface area (Å²) in [5.74, 6) is -0.969. The highest BCUT2D eigenvalue weighted by Crippen LogP contribution is 2.24. The molecule has 1 aromatic carbocycles. The van der Waals surface area contributed by atoms with Crippen LogP contribution in [0.4, 0.5) is 5.69 Å². The first kappa shape index (κ1) is 20.0. The van der Waals surface area contributed by atoms with Crippen LogP contribution in [-0.2, 0) is 17.8 Å². The monoisotopic (exact) mass is 383 g/mol. The number of piperazine rings is 1. The number of carboxylic acids is 1. The number of benzene rings is 1. The number of hydrogen-bond donors (Lipinski definition) is 1. The number of amides is 1. The fourth-order valence-electron chi connectivity index (χ4n) is 4.04. The Kier molecular flexibility index (Phi) is 5.77. The van der Waals surface area contributed by atoms with E-state index < -0.39 is 5.97 Å². The molecule has 28 heavy (non-hydrogen) atoms. The lowest BCUT2D eigenvalue weighted by molar-refractivity contribution is -0.130. The zero-order valence-corrected chi connectivity index (χ0v) is 17.2. The van der Waals surface area contributed by atoms with Crippen molar-refractivity contribution in [1.82, 2.24) is 9.47 Å². The average Bonchev–Trinajstić information content (AvgIpc) is 2.99. The third kappa shape index (κ3) is 3.77. The molecule has 0 unspecified atom stereocenters. The fraction of sp³-hybridized carbons (Fsp3) is 0.455. The summed E-state index contributed by atoms with van der Waals surface area (Å²) >= 11 is 0. The number of carboxylic acid groups (broad SMARTS) is 1. The second-order valence-electron chi connectivity index (χ2n) is 7.49. The number of carbonyl (C=O) groups is 2. The lowest BCUT2D eigenvalue weighted by atomic mass is 10.1. The van der Waals surface area contributed by atoms with Crippen molar-refractivity contribution in [3.05, 3.63) is 52.3 Å². The maximum Gasteiger partial charge on any atom is 0.337 e. The van der Waals surface area contributed by atoms with Gasteiger partial charge in [-0.3, -0.25) is 4.79 Å². The number of hydrogen-bond acceptors (Lipinski definition) is 3. The number of nitrogens with zero attached hydrogens (tertiary/aromatic N) is 3. The predicted octanol–water partition coefficient (Wildman–Crippen LogP) is 3.02. The molecule has 2 aromatic rings. The van der Waals surface area contributed by atoms with Crippen molar-refractivity contribution in [2.75, 3.05) is 31.1 Å². The lowest BCUT2D eigenvalue weighted by Gasteiger charge is -2.37. The van der Waals surface area contributed by atoms with Crippen LogP contribution in [0, 0.1) is 20.8 Å². The first-order chi connectivity index (χ1) is 13.3. The van der Waals surface area contributed by atoms with Crippen molar-refractivity contribution in [1.29, 1.82) is 0 Å². The third-order valence-corrected chi connectivity index (χ3v) is 5.80. The first-order valence-electron chi connectivity index (χ1n) is 9.84. The second kappa shape index (κ2) is 8.09. The van der Waals surface area contributed by atoms with Crippen molar-refractivity contribution in [2.45, 2.75) is 40.7 Å². The minimum Gasteiger partial charge on any atom is -0.478 e. The quantitative estimate of drug-likeness (QED) is 0.862. The Bertz CT molecular complexity index is 893. The van der Waals surface area contributed by atoms with Crippen LogP contribution in [-0.4, -0.2) is 52.6 Å². The molecule has 1 amide bonds. The molecule has 2 heterocycles. The summed E-state index contributed by atoms with van der Waals surface area (Å²) in [6, 6.07) is 6.32. The number of rotatable bonds is 5. The minimum absolute atomic E-state index is 0.00378. The molecule has 1 fully saturated rings. The summed E-state index contributed by atoms with van der Waals surface area (Å²) in [4.78, 5) is 28.7. The maximum atomic E-state index is 12.9. The molecule has 0 spiro atoms. The van der Waals surface area contributed by atoms with Gasteiger partial charge in [0.15, 0.2) is 0 Å². The molecule has 0 aliphatic carbocycles. The van der Waals surface area contributed by atoms with E-state index in [9.17, 15) is 14.7 Å². The van der Waals surface area contributed by atoms with Crippen molar-refractivity contribution in [2.24, 2.45) is 0 Å². The fourth-order valence-corrected chi connectivity index (χ4v) is 4.04. The van der Waals surface area contributed by atoms with E-state index in [0.29, 0.717) is 30.9 Å². The molecule has 0 saturated carbocycles. The van der Waals surface area contributed by atoms with Crippen LogP contribution in [0.1, 0.15) is 39.7 Å². The van der Waals surface area contributed by atoms with Gasteiger partial charge in [0.2, 0.25) is 5.91 Å². The van der Waals surface area contributed by atoms with Crippen LogP contribution >= 0.6 is 0 Å². The maximum absolute atomic E-state index is 12.9. The molecule has 1 aliphatic heterocycles. The molecular weight excluding hydrogens is 354 g/mol. The van der Waals surface area contributed by atoms with Gasteiger partial charge in [-0.25, -0.2) is 4.79 Å². The lowest BCUT2D eigenvalue weighted by Crippen LogP contribution is -2.49. The topological polar surface area (TPSA) is 65.8 Å². The average molecular weight is 383 g/mol. The summed E-state index contributed by atoms with van der Waals surface area (Å²) in [5, 5.41) is 9.54. The Hall–Kier alpha value is -2.76. The standard InChI is InChI=1S/C22H29N3O3/c1-5-23-14-16(3)21(22(27)28)19(23)13-20(26)25-11-9-24(10-12-25)18-8-6-7-15(2)17(18)4/h6-8,14H,5,9-13H2,1-4H3,(H,27,28). The Morgan fingerprint density at radius 1 is 1.04 bits per heavy atom. The summed E-state index contributed by atoms with van der Waals surface area (Å²) in [6.07, 6.45) is 1.96. The van der Waals surface area contributed by atoms with Crippen LogP contribution < -0.4 is 4.90 Å². The van der Waals surface area contributed by atoms with Gasteiger partial charge >= 0.3 is 5.97 Å². The van der Waals surface area contributed by atoms with Crippen LogP contribution in [0.5, 0.6) is 0 Å². The summed E-state index contributed by atoms with van der Waals surface area (Å²) in [6.45, 7) is 11.5. The Labute approximate surface area is 166 Å². The van der Waals surface area contributed by atoms with Gasteiger partial charge in [0.25, 0.3) is 0 Å². The van der Waals surface area contributed by atoms with Crippen LogP contribution in [0.2, 0.25) is 0 Å². The van der Waals surface area contributed by atoms with E-state index in [1.54, 1.807) is 6.92 Å². The number of aromatic nitrogens is 1. The van der Waals surface area contributed by atoms with E-state index in [0.717, 1.165) is 13.1 Å².